The van der Waals surface area contributed by atoms with Gasteiger partial charge in [-0.1, -0.05) is 0 Å². The van der Waals surface area contributed by atoms with Gasteiger partial charge in [0.25, 0.3) is 5.91 Å². The number of carbonyl (C=O) groups is 1. The van der Waals surface area contributed by atoms with Crippen molar-refractivity contribution in [3.8, 4) is 0 Å². The molecule has 1 aliphatic heterocycles. The van der Waals surface area contributed by atoms with Crippen molar-refractivity contribution in [2.75, 3.05) is 13.1 Å². The Hall–Kier alpha value is -1.49. The van der Waals surface area contributed by atoms with Gasteiger partial charge in [0.2, 0.25) is 0 Å². The summed E-state index contributed by atoms with van der Waals surface area (Å²) in [6, 6.07) is 0.228. The number of piperidine rings is 1. The SMILES string of the molecule is O=C(N[C@@H]1CCCNC1)c1cncnc1. The highest BCUT2D eigenvalue weighted by atomic mass is 16.1. The Bertz CT molecular complexity index is 321. The fourth-order valence-corrected chi connectivity index (χ4v) is 1.66. The fourth-order valence-electron chi connectivity index (χ4n) is 1.66. The van der Waals surface area contributed by atoms with Crippen LogP contribution in [0.1, 0.15) is 23.2 Å². The molecule has 1 aliphatic rings. The van der Waals surface area contributed by atoms with E-state index in [1.54, 1.807) is 0 Å². The average molecular weight is 206 g/mol. The molecule has 5 nitrogen and oxygen atoms in total. The first-order chi connectivity index (χ1) is 7.36. The standard InChI is InChI=1S/C10H14N4O/c15-10(8-4-12-7-13-5-8)14-9-2-1-3-11-6-9/h4-5,7,9,11H,1-3,6H2,(H,14,15)/t9-/m1/s1. The normalized spacial score (nSPS) is 20.9. The van der Waals surface area contributed by atoms with Crippen LogP contribution in [0.4, 0.5) is 0 Å². The molecule has 0 unspecified atom stereocenters. The quantitative estimate of drug-likeness (QED) is 0.712. The summed E-state index contributed by atoms with van der Waals surface area (Å²) in [6.07, 6.45) is 6.61. The van der Waals surface area contributed by atoms with E-state index < -0.39 is 0 Å². The zero-order chi connectivity index (χ0) is 10.5. The third-order valence-electron chi connectivity index (χ3n) is 2.45. The maximum atomic E-state index is 11.7. The van der Waals surface area contributed by atoms with Crippen molar-refractivity contribution in [2.24, 2.45) is 0 Å². The lowest BCUT2D eigenvalue weighted by Gasteiger charge is -2.23. The number of nitrogens with one attached hydrogen (secondary N) is 2. The Morgan fingerprint density at radius 2 is 2.27 bits per heavy atom. The molecule has 0 aromatic carbocycles. The van der Waals surface area contributed by atoms with Crippen LogP contribution in [-0.2, 0) is 0 Å². The fraction of sp³-hybridized carbons (Fsp3) is 0.500. The van der Waals surface area contributed by atoms with Crippen LogP contribution in [0.2, 0.25) is 0 Å². The molecule has 2 N–H and O–H groups in total. The molecule has 0 saturated carbocycles. The molecule has 0 bridgehead atoms. The van der Waals surface area contributed by atoms with Gasteiger partial charge in [0.15, 0.2) is 0 Å². The highest BCUT2D eigenvalue weighted by Crippen LogP contribution is 2.02. The summed E-state index contributed by atoms with van der Waals surface area (Å²) in [5.41, 5.74) is 0.517. The van der Waals surface area contributed by atoms with Gasteiger partial charge in [0.05, 0.1) is 5.56 Å². The Labute approximate surface area is 88.3 Å². The summed E-state index contributed by atoms with van der Waals surface area (Å²) >= 11 is 0. The molecule has 1 amide bonds. The second-order valence-electron chi connectivity index (χ2n) is 3.64. The third kappa shape index (κ3) is 2.73. The number of carbonyl (C=O) groups excluding carboxylic acids is 1. The van der Waals surface area contributed by atoms with Crippen LogP contribution in [-0.4, -0.2) is 35.0 Å². The van der Waals surface area contributed by atoms with Crippen molar-refractivity contribution < 1.29 is 4.79 Å². The largest absolute Gasteiger partial charge is 0.348 e. The van der Waals surface area contributed by atoms with Crippen LogP contribution in [0.25, 0.3) is 0 Å². The van der Waals surface area contributed by atoms with Crippen LogP contribution >= 0.6 is 0 Å². The second-order valence-corrected chi connectivity index (χ2v) is 3.64. The third-order valence-corrected chi connectivity index (χ3v) is 2.45. The molecule has 1 aromatic heterocycles. The molecule has 1 aromatic rings. The lowest BCUT2D eigenvalue weighted by Crippen LogP contribution is -2.45. The predicted octanol–water partition coefficient (Wildman–Crippen LogP) is -0.0416. The van der Waals surface area contributed by atoms with Crippen LogP contribution in [0.5, 0.6) is 0 Å². The zero-order valence-electron chi connectivity index (χ0n) is 8.44. The zero-order valence-corrected chi connectivity index (χ0v) is 8.44. The van der Waals surface area contributed by atoms with E-state index >= 15 is 0 Å². The first kappa shape index (κ1) is 10.0. The van der Waals surface area contributed by atoms with Crippen molar-refractivity contribution in [1.29, 1.82) is 0 Å². The molecule has 15 heavy (non-hydrogen) atoms. The minimum atomic E-state index is -0.0932. The highest BCUT2D eigenvalue weighted by Gasteiger charge is 2.16. The van der Waals surface area contributed by atoms with Gasteiger partial charge >= 0.3 is 0 Å². The average Bonchev–Trinajstić information content (AvgIpc) is 2.31. The van der Waals surface area contributed by atoms with E-state index in [0.717, 1.165) is 25.9 Å². The lowest BCUT2D eigenvalue weighted by molar-refractivity contribution is 0.0930. The van der Waals surface area contributed by atoms with E-state index in [2.05, 4.69) is 20.6 Å². The van der Waals surface area contributed by atoms with Gasteiger partial charge in [-0.2, -0.15) is 0 Å². The second kappa shape index (κ2) is 4.84. The Balaban J connectivity index is 1.91. The predicted molar refractivity (Wildman–Crippen MR) is 55.4 cm³/mol. The molecular weight excluding hydrogens is 192 g/mol. The van der Waals surface area contributed by atoms with Gasteiger partial charge in [-0.05, 0) is 19.4 Å². The molecule has 1 atom stereocenters. The molecule has 1 saturated heterocycles. The number of rotatable bonds is 2. The van der Waals surface area contributed by atoms with Gasteiger partial charge in [-0.3, -0.25) is 4.79 Å². The minimum absolute atomic E-state index is 0.0932. The molecule has 2 heterocycles. The smallest absolute Gasteiger partial charge is 0.254 e. The van der Waals surface area contributed by atoms with Gasteiger partial charge in [-0.25, -0.2) is 9.97 Å². The van der Waals surface area contributed by atoms with E-state index in [4.69, 9.17) is 0 Å². The summed E-state index contributed by atoms with van der Waals surface area (Å²) in [5.74, 6) is -0.0932. The van der Waals surface area contributed by atoms with Crippen LogP contribution in [0.15, 0.2) is 18.7 Å². The molecule has 2 rings (SSSR count). The number of hydrogen-bond donors (Lipinski definition) is 2. The van der Waals surface area contributed by atoms with Crippen LogP contribution in [0, 0.1) is 0 Å². The maximum Gasteiger partial charge on any atom is 0.254 e. The van der Waals surface area contributed by atoms with Crippen molar-refractivity contribution in [1.82, 2.24) is 20.6 Å². The van der Waals surface area contributed by atoms with E-state index in [1.165, 1.54) is 18.7 Å². The maximum absolute atomic E-state index is 11.7. The van der Waals surface area contributed by atoms with Gasteiger partial charge in [0.1, 0.15) is 6.33 Å². The Kier molecular flexibility index (Phi) is 3.24. The van der Waals surface area contributed by atoms with Gasteiger partial charge in [-0.15, -0.1) is 0 Å². The summed E-state index contributed by atoms with van der Waals surface area (Å²) in [5, 5.41) is 6.20. The number of amides is 1. The highest BCUT2D eigenvalue weighted by molar-refractivity contribution is 5.93. The summed E-state index contributed by atoms with van der Waals surface area (Å²) in [4.78, 5) is 19.3. The van der Waals surface area contributed by atoms with Crippen LogP contribution in [0.3, 0.4) is 0 Å². The van der Waals surface area contributed by atoms with E-state index in [0.29, 0.717) is 5.56 Å². The number of hydrogen-bond acceptors (Lipinski definition) is 4. The number of nitrogens with zero attached hydrogens (tertiary/aromatic N) is 2. The van der Waals surface area contributed by atoms with E-state index in [9.17, 15) is 4.79 Å². The van der Waals surface area contributed by atoms with E-state index in [1.807, 2.05) is 0 Å². The first-order valence-corrected chi connectivity index (χ1v) is 5.13. The molecule has 0 aliphatic carbocycles. The van der Waals surface area contributed by atoms with Crippen molar-refractivity contribution in [3.05, 3.63) is 24.3 Å². The lowest BCUT2D eigenvalue weighted by atomic mass is 10.1. The number of aromatic nitrogens is 2. The van der Waals surface area contributed by atoms with E-state index in [-0.39, 0.29) is 11.9 Å². The summed E-state index contributed by atoms with van der Waals surface area (Å²) < 4.78 is 0. The first-order valence-electron chi connectivity index (χ1n) is 5.13. The molecular formula is C10H14N4O. The van der Waals surface area contributed by atoms with Crippen molar-refractivity contribution in [2.45, 2.75) is 18.9 Å². The van der Waals surface area contributed by atoms with Crippen molar-refractivity contribution >= 4 is 5.91 Å². The molecule has 5 heteroatoms. The topological polar surface area (TPSA) is 66.9 Å². The molecule has 0 spiro atoms. The van der Waals surface area contributed by atoms with Crippen molar-refractivity contribution in [3.63, 3.8) is 0 Å². The minimum Gasteiger partial charge on any atom is -0.348 e. The Morgan fingerprint density at radius 1 is 1.47 bits per heavy atom. The van der Waals surface area contributed by atoms with Gasteiger partial charge in [0, 0.05) is 25.0 Å². The molecule has 80 valence electrons. The van der Waals surface area contributed by atoms with Gasteiger partial charge < -0.3 is 10.6 Å². The Morgan fingerprint density at radius 3 is 2.93 bits per heavy atom. The molecule has 0 radical (unpaired) electrons. The van der Waals surface area contributed by atoms with Crippen LogP contribution < -0.4 is 10.6 Å². The summed E-state index contributed by atoms with van der Waals surface area (Å²) in [7, 11) is 0. The summed E-state index contributed by atoms with van der Waals surface area (Å²) in [6.45, 7) is 1.89. The monoisotopic (exact) mass is 206 g/mol. The molecule has 1 fully saturated rings.